The van der Waals surface area contributed by atoms with Crippen LogP contribution in [0.25, 0.3) is 10.9 Å². The minimum atomic E-state index is -0.637. The predicted molar refractivity (Wildman–Crippen MR) is 94.3 cm³/mol. The zero-order valence-corrected chi connectivity index (χ0v) is 14.8. The fourth-order valence-electron chi connectivity index (χ4n) is 2.26. The molecule has 0 saturated carbocycles. The molecule has 122 valence electrons. The first-order valence-electron chi connectivity index (χ1n) is 7.23. The maximum atomic E-state index is 12.4. The Labute approximate surface area is 140 Å². The van der Waals surface area contributed by atoms with E-state index < -0.39 is 11.0 Å². The van der Waals surface area contributed by atoms with Crippen molar-refractivity contribution in [2.24, 2.45) is 7.05 Å². The number of carbonyl (C=O) groups is 1. The topological polar surface area (TPSA) is 56.1 Å². The Kier molecular flexibility index (Phi) is 5.22. The largest absolute Gasteiger partial charge is 0.470 e. The molecule has 0 aliphatic heterocycles. The van der Waals surface area contributed by atoms with Crippen LogP contribution in [0.2, 0.25) is 0 Å². The summed E-state index contributed by atoms with van der Waals surface area (Å²) >= 11 is 1.34. The number of aromatic nitrogens is 2. The van der Waals surface area contributed by atoms with E-state index in [0.29, 0.717) is 5.75 Å². The molecule has 23 heavy (non-hydrogen) atoms. The molecule has 1 unspecified atom stereocenters. The Morgan fingerprint density at radius 1 is 1.48 bits per heavy atom. The summed E-state index contributed by atoms with van der Waals surface area (Å²) in [5.41, 5.74) is -0.208. The van der Waals surface area contributed by atoms with Gasteiger partial charge >= 0.3 is 0 Å². The number of thioether (sulfide) groups is 1. The first-order chi connectivity index (χ1) is 10.9. The van der Waals surface area contributed by atoms with Crippen molar-refractivity contribution >= 4 is 28.6 Å². The molecule has 6 heteroatoms. The summed E-state index contributed by atoms with van der Waals surface area (Å²) in [5, 5.41) is 8.07. The molecular weight excluding hydrogens is 310 g/mol. The molecule has 0 aliphatic carbocycles. The van der Waals surface area contributed by atoms with Gasteiger partial charge in [-0.25, -0.2) is 0 Å². The van der Waals surface area contributed by atoms with Gasteiger partial charge in [-0.05, 0) is 45.2 Å². The Bertz CT molecular complexity index is 771. The zero-order valence-electron chi connectivity index (χ0n) is 14.0. The van der Waals surface area contributed by atoms with E-state index in [-0.39, 0.29) is 5.91 Å². The highest BCUT2D eigenvalue weighted by Crippen LogP contribution is 2.23. The molecule has 0 fully saturated rings. The van der Waals surface area contributed by atoms with Crippen LogP contribution in [0.3, 0.4) is 0 Å². The number of rotatable bonds is 5. The summed E-state index contributed by atoms with van der Waals surface area (Å²) in [5.74, 6) is 6.23. The van der Waals surface area contributed by atoms with Gasteiger partial charge < -0.3 is 10.1 Å². The summed E-state index contributed by atoms with van der Waals surface area (Å²) in [6.45, 7) is 5.47. The van der Waals surface area contributed by atoms with Crippen LogP contribution in [0.15, 0.2) is 24.4 Å². The number of hydrogen-bond acceptors (Lipinski definition) is 4. The lowest BCUT2D eigenvalue weighted by Crippen LogP contribution is -2.47. The van der Waals surface area contributed by atoms with Crippen LogP contribution >= 0.6 is 11.8 Å². The van der Waals surface area contributed by atoms with Crippen LogP contribution < -0.4 is 10.1 Å². The lowest BCUT2D eigenvalue weighted by molar-refractivity contribution is -0.125. The van der Waals surface area contributed by atoms with Crippen LogP contribution in [0, 0.1) is 11.8 Å². The number of nitrogens with zero attached hydrogens (tertiary/aromatic N) is 2. The van der Waals surface area contributed by atoms with Crippen LogP contribution in [-0.4, -0.2) is 32.9 Å². The average molecular weight is 331 g/mol. The van der Waals surface area contributed by atoms with Gasteiger partial charge in [-0.2, -0.15) is 5.10 Å². The van der Waals surface area contributed by atoms with Crippen LogP contribution in [0.5, 0.6) is 5.75 Å². The van der Waals surface area contributed by atoms with Gasteiger partial charge in [0.15, 0.2) is 0 Å². The van der Waals surface area contributed by atoms with Crippen LogP contribution in [-0.2, 0) is 11.8 Å². The summed E-state index contributed by atoms with van der Waals surface area (Å²) in [7, 11) is 1.89. The molecule has 1 atom stereocenters. The molecule has 0 aliphatic rings. The van der Waals surface area contributed by atoms with Crippen molar-refractivity contribution in [1.82, 2.24) is 15.1 Å². The minimum absolute atomic E-state index is 0.198. The van der Waals surface area contributed by atoms with Crippen molar-refractivity contribution in [3.8, 4) is 17.6 Å². The number of amides is 1. The lowest BCUT2D eigenvalue weighted by Gasteiger charge is -2.24. The van der Waals surface area contributed by atoms with E-state index in [1.165, 1.54) is 11.8 Å². The van der Waals surface area contributed by atoms with Gasteiger partial charge in [-0.3, -0.25) is 9.48 Å². The van der Waals surface area contributed by atoms with Crippen molar-refractivity contribution in [3.63, 3.8) is 0 Å². The highest BCUT2D eigenvalue weighted by atomic mass is 32.2. The average Bonchev–Trinajstić information content (AvgIpc) is 2.85. The van der Waals surface area contributed by atoms with Gasteiger partial charge in [0.25, 0.3) is 5.91 Å². The van der Waals surface area contributed by atoms with E-state index in [1.807, 2.05) is 45.4 Å². The molecule has 1 aromatic carbocycles. The molecule has 0 bridgehead atoms. The fraction of sp³-hybridized carbons (Fsp3) is 0.412. The molecular formula is C17H21N3O2S. The van der Waals surface area contributed by atoms with Crippen LogP contribution in [0.1, 0.15) is 20.8 Å². The van der Waals surface area contributed by atoms with Gasteiger partial charge in [-0.1, -0.05) is 5.92 Å². The van der Waals surface area contributed by atoms with Crippen molar-refractivity contribution in [1.29, 1.82) is 0 Å². The van der Waals surface area contributed by atoms with Gasteiger partial charge in [0, 0.05) is 12.4 Å². The number of carbonyl (C=O) groups excluding carboxylic acids is 1. The molecule has 0 spiro atoms. The Hall–Kier alpha value is -2.13. The van der Waals surface area contributed by atoms with Gasteiger partial charge in [0.2, 0.25) is 5.44 Å². The monoisotopic (exact) mass is 331 g/mol. The van der Waals surface area contributed by atoms with E-state index in [4.69, 9.17) is 4.74 Å². The minimum Gasteiger partial charge on any atom is -0.470 e. The second-order valence-electron chi connectivity index (χ2n) is 5.66. The first kappa shape index (κ1) is 17.2. The molecule has 0 saturated heterocycles. The second kappa shape index (κ2) is 6.97. The summed E-state index contributed by atoms with van der Waals surface area (Å²) in [6, 6.07) is 5.66. The molecule has 5 nitrogen and oxygen atoms in total. The van der Waals surface area contributed by atoms with Crippen molar-refractivity contribution in [3.05, 3.63) is 24.4 Å². The third kappa shape index (κ3) is 4.20. The lowest BCUT2D eigenvalue weighted by atomic mass is 10.1. The molecule has 0 radical (unpaired) electrons. The third-order valence-corrected chi connectivity index (χ3v) is 4.00. The number of fused-ring (bicyclic) bond motifs is 1. The normalized spacial score (nSPS) is 12.4. The zero-order chi connectivity index (χ0) is 17.0. The summed E-state index contributed by atoms with van der Waals surface area (Å²) in [6.07, 6.45) is 3.61. The highest BCUT2D eigenvalue weighted by molar-refractivity contribution is 7.99. The maximum absolute atomic E-state index is 12.4. The number of hydrogen-bond donors (Lipinski definition) is 1. The second-order valence-corrected chi connectivity index (χ2v) is 6.56. The molecule has 1 amide bonds. The van der Waals surface area contributed by atoms with Crippen molar-refractivity contribution < 1.29 is 9.53 Å². The Morgan fingerprint density at radius 2 is 2.22 bits per heavy atom. The Balaban J connectivity index is 2.13. The van der Waals surface area contributed by atoms with Gasteiger partial charge in [0.1, 0.15) is 5.75 Å². The summed E-state index contributed by atoms with van der Waals surface area (Å²) < 4.78 is 7.63. The quantitative estimate of drug-likeness (QED) is 0.676. The molecule has 2 aromatic rings. The van der Waals surface area contributed by atoms with Crippen LogP contribution in [0.4, 0.5) is 0 Å². The number of nitrogens with one attached hydrogen (secondary N) is 1. The first-order valence-corrected chi connectivity index (χ1v) is 8.52. The van der Waals surface area contributed by atoms with Crippen molar-refractivity contribution in [2.45, 2.75) is 31.7 Å². The van der Waals surface area contributed by atoms with E-state index >= 15 is 0 Å². The van der Waals surface area contributed by atoms with E-state index in [0.717, 1.165) is 10.9 Å². The molecule has 1 aromatic heterocycles. The number of aryl methyl sites for hydroxylation is 1. The van der Waals surface area contributed by atoms with E-state index in [9.17, 15) is 4.79 Å². The molecule has 2 rings (SSSR count). The van der Waals surface area contributed by atoms with E-state index in [2.05, 4.69) is 22.3 Å². The molecule has 1 N–H and O–H groups in total. The molecule has 1 heterocycles. The maximum Gasteiger partial charge on any atom is 0.272 e. The SMILES string of the molecule is CC#CC(C)(C)NC(=O)C(Oc1ccc2c(cnn2C)c1)SC. The smallest absolute Gasteiger partial charge is 0.272 e. The van der Waals surface area contributed by atoms with Gasteiger partial charge in [-0.15, -0.1) is 17.7 Å². The standard InChI is InChI=1S/C17H21N3O2S/c1-6-9-17(2,3)19-15(21)16(23-5)22-13-7-8-14-12(10-13)11-18-20(14)4/h7-8,10-11,16H,1-5H3,(H,19,21). The fourth-order valence-corrected chi connectivity index (χ4v) is 2.74. The van der Waals surface area contributed by atoms with Crippen molar-refractivity contribution in [2.75, 3.05) is 6.26 Å². The third-order valence-electron chi connectivity index (χ3n) is 3.26. The predicted octanol–water partition coefficient (Wildman–Crippen LogP) is 2.56. The van der Waals surface area contributed by atoms with E-state index in [1.54, 1.807) is 17.8 Å². The Morgan fingerprint density at radius 3 is 2.87 bits per heavy atom. The van der Waals surface area contributed by atoms with Gasteiger partial charge in [0.05, 0.1) is 17.3 Å². The number of benzene rings is 1. The summed E-state index contributed by atoms with van der Waals surface area (Å²) in [4.78, 5) is 12.4. The highest BCUT2D eigenvalue weighted by Gasteiger charge is 2.25. The number of ether oxygens (including phenoxy) is 1.